The first-order valence-corrected chi connectivity index (χ1v) is 12.4. The maximum Gasteiger partial charge on any atom is 0.133 e. The molecular weight excluding hydrogens is 424 g/mol. The van der Waals surface area contributed by atoms with E-state index in [0.717, 1.165) is 41.5 Å². The van der Waals surface area contributed by atoms with E-state index in [1.165, 1.54) is 0 Å². The molecule has 0 aliphatic heterocycles. The number of unbranched alkanes of at least 4 members (excludes halogenated alkanes) is 1. The third-order valence-electron chi connectivity index (χ3n) is 6.79. The van der Waals surface area contributed by atoms with E-state index in [0.29, 0.717) is 19.3 Å². The molecule has 0 heterocycles. The lowest BCUT2D eigenvalue weighted by atomic mass is 9.83. The van der Waals surface area contributed by atoms with Crippen molar-refractivity contribution >= 4 is 5.78 Å². The minimum absolute atomic E-state index is 0.0268. The Bertz CT molecular complexity index is 978. The van der Waals surface area contributed by atoms with Crippen LogP contribution in [0.5, 0.6) is 0 Å². The van der Waals surface area contributed by atoms with E-state index in [1.807, 2.05) is 55.5 Å². The van der Waals surface area contributed by atoms with Crippen LogP contribution in [0.1, 0.15) is 51.5 Å². The Hall–Kier alpha value is -2.53. The Morgan fingerprint density at radius 2 is 1.74 bits per heavy atom. The van der Waals surface area contributed by atoms with Crippen molar-refractivity contribution in [1.29, 1.82) is 0 Å². The number of hydrogen-bond acceptors (Lipinski definition) is 4. The van der Waals surface area contributed by atoms with Crippen LogP contribution in [-0.2, 0) is 11.2 Å². The second kappa shape index (κ2) is 12.8. The molecule has 1 saturated carbocycles. The van der Waals surface area contributed by atoms with Crippen molar-refractivity contribution in [2.45, 2.75) is 70.7 Å². The summed E-state index contributed by atoms with van der Waals surface area (Å²) in [6.07, 6.45) is 7.83. The highest BCUT2D eigenvalue weighted by Gasteiger charge is 2.41. The van der Waals surface area contributed by atoms with Crippen molar-refractivity contribution in [3.63, 3.8) is 0 Å². The Labute approximate surface area is 203 Å². The molecule has 5 unspecified atom stereocenters. The van der Waals surface area contributed by atoms with Gasteiger partial charge in [0.05, 0.1) is 18.3 Å². The summed E-state index contributed by atoms with van der Waals surface area (Å²) in [4.78, 5) is 11.0. The van der Waals surface area contributed by atoms with Gasteiger partial charge in [0.1, 0.15) is 5.78 Å². The van der Waals surface area contributed by atoms with Crippen molar-refractivity contribution in [3.8, 4) is 11.1 Å². The van der Waals surface area contributed by atoms with Gasteiger partial charge in [0.2, 0.25) is 0 Å². The van der Waals surface area contributed by atoms with Crippen LogP contribution in [0.2, 0.25) is 0 Å². The largest absolute Gasteiger partial charge is 0.393 e. The van der Waals surface area contributed by atoms with Crippen LogP contribution in [-0.4, -0.2) is 39.4 Å². The molecule has 34 heavy (non-hydrogen) atoms. The number of carbonyl (C=O) groups excluding carboxylic acids is 1. The van der Waals surface area contributed by atoms with Crippen LogP contribution in [0.25, 0.3) is 11.1 Å². The fraction of sp³-hybridized carbons (Fsp3) is 0.433. The predicted octanol–water partition coefficient (Wildman–Crippen LogP) is 5.27. The zero-order valence-corrected chi connectivity index (χ0v) is 20.3. The minimum atomic E-state index is -0.661. The van der Waals surface area contributed by atoms with E-state index in [4.69, 9.17) is 0 Å². The number of aliphatic hydroxyl groups excluding tert-OH is 3. The van der Waals surface area contributed by atoms with Crippen molar-refractivity contribution in [3.05, 3.63) is 84.0 Å². The first kappa shape index (κ1) is 26.1. The molecule has 1 aliphatic rings. The second-order valence-corrected chi connectivity index (χ2v) is 9.62. The van der Waals surface area contributed by atoms with E-state index >= 15 is 0 Å². The SMILES string of the molecule is CC(=O)C/C=C/CCCC1C(O)CC(O)C1C(C)=CC(O)Cc1cccc(-c2ccccc2)c1. The minimum Gasteiger partial charge on any atom is -0.393 e. The van der Waals surface area contributed by atoms with Gasteiger partial charge in [-0.05, 0) is 55.7 Å². The molecule has 4 heteroatoms. The zero-order chi connectivity index (χ0) is 24.5. The van der Waals surface area contributed by atoms with Gasteiger partial charge in [-0.15, -0.1) is 0 Å². The van der Waals surface area contributed by atoms with Gasteiger partial charge in [0.25, 0.3) is 0 Å². The van der Waals surface area contributed by atoms with E-state index in [1.54, 1.807) is 6.92 Å². The van der Waals surface area contributed by atoms with E-state index in [2.05, 4.69) is 24.3 Å². The fourth-order valence-corrected chi connectivity index (χ4v) is 5.17. The summed E-state index contributed by atoms with van der Waals surface area (Å²) in [5.41, 5.74) is 4.26. The summed E-state index contributed by atoms with van der Waals surface area (Å²) >= 11 is 0. The number of hydrogen-bond donors (Lipinski definition) is 3. The van der Waals surface area contributed by atoms with Gasteiger partial charge in [-0.25, -0.2) is 0 Å². The molecule has 1 fully saturated rings. The molecule has 2 aromatic rings. The number of benzene rings is 2. The highest BCUT2D eigenvalue weighted by Crippen LogP contribution is 2.40. The predicted molar refractivity (Wildman–Crippen MR) is 137 cm³/mol. The first-order chi connectivity index (χ1) is 16.3. The summed E-state index contributed by atoms with van der Waals surface area (Å²) in [6.45, 7) is 3.53. The molecule has 0 spiro atoms. The number of ketones is 1. The van der Waals surface area contributed by atoms with Crippen LogP contribution in [0, 0.1) is 11.8 Å². The smallest absolute Gasteiger partial charge is 0.133 e. The molecule has 3 rings (SSSR count). The molecule has 2 aromatic carbocycles. The third kappa shape index (κ3) is 7.49. The molecule has 0 aromatic heterocycles. The van der Waals surface area contributed by atoms with E-state index < -0.39 is 18.3 Å². The molecule has 182 valence electrons. The lowest BCUT2D eigenvalue weighted by Crippen LogP contribution is -2.24. The summed E-state index contributed by atoms with van der Waals surface area (Å²) in [6, 6.07) is 18.4. The highest BCUT2D eigenvalue weighted by atomic mass is 16.3. The fourth-order valence-electron chi connectivity index (χ4n) is 5.17. The molecule has 0 amide bonds. The van der Waals surface area contributed by atoms with Gasteiger partial charge >= 0.3 is 0 Å². The monoisotopic (exact) mass is 462 g/mol. The molecule has 0 saturated heterocycles. The van der Waals surface area contributed by atoms with Crippen molar-refractivity contribution in [2.75, 3.05) is 0 Å². The molecule has 4 nitrogen and oxygen atoms in total. The molecule has 3 N–H and O–H groups in total. The zero-order valence-electron chi connectivity index (χ0n) is 20.3. The second-order valence-electron chi connectivity index (χ2n) is 9.62. The molecule has 0 bridgehead atoms. The first-order valence-electron chi connectivity index (χ1n) is 12.4. The summed E-state index contributed by atoms with van der Waals surface area (Å²) in [5, 5.41) is 32.0. The molecule has 5 atom stereocenters. The number of rotatable bonds is 11. The molecule has 0 radical (unpaired) electrons. The lowest BCUT2D eigenvalue weighted by Gasteiger charge is -2.25. The van der Waals surface area contributed by atoms with Crippen LogP contribution < -0.4 is 0 Å². The maximum atomic E-state index is 11.0. The van der Waals surface area contributed by atoms with Crippen molar-refractivity contribution in [2.24, 2.45) is 11.8 Å². The summed E-state index contributed by atoms with van der Waals surface area (Å²) in [7, 11) is 0. The van der Waals surface area contributed by atoms with Gasteiger partial charge < -0.3 is 15.3 Å². The Morgan fingerprint density at radius 1 is 1.00 bits per heavy atom. The normalized spacial score (nSPS) is 24.0. The third-order valence-corrected chi connectivity index (χ3v) is 6.79. The Balaban J connectivity index is 1.61. The van der Waals surface area contributed by atoms with E-state index in [9.17, 15) is 20.1 Å². The number of aliphatic hydroxyl groups is 3. The number of carbonyl (C=O) groups is 1. The van der Waals surface area contributed by atoms with Crippen molar-refractivity contribution < 1.29 is 20.1 Å². The topological polar surface area (TPSA) is 77.8 Å². The van der Waals surface area contributed by atoms with Gasteiger partial charge in [0, 0.05) is 25.2 Å². The average molecular weight is 463 g/mol. The van der Waals surface area contributed by atoms with Crippen molar-refractivity contribution in [1.82, 2.24) is 0 Å². The summed E-state index contributed by atoms with van der Waals surface area (Å²) < 4.78 is 0. The van der Waals surface area contributed by atoms with Crippen LogP contribution in [0.15, 0.2) is 78.4 Å². The standard InChI is InChI=1S/C30H38O4/c1-21(30-27(28(33)20-29(30)34)16-9-4-3-6-11-22(2)31)17-26(32)19-23-12-10-15-25(18-23)24-13-7-5-8-14-24/h3,5-8,10,12-15,17-18,26-30,32-34H,4,9,11,16,19-20H2,1-2H3/b6-3+,21-17?. The van der Waals surface area contributed by atoms with Gasteiger partial charge in [-0.3, -0.25) is 4.79 Å². The van der Waals surface area contributed by atoms with Gasteiger partial charge in [-0.1, -0.05) is 78.4 Å². The molecule has 1 aliphatic carbocycles. The average Bonchev–Trinajstić information content (AvgIpc) is 3.09. The lowest BCUT2D eigenvalue weighted by molar-refractivity contribution is -0.116. The maximum absolute atomic E-state index is 11.0. The van der Waals surface area contributed by atoms with Crippen LogP contribution >= 0.6 is 0 Å². The number of allylic oxidation sites excluding steroid dienone is 2. The quantitative estimate of drug-likeness (QED) is 0.314. The van der Waals surface area contributed by atoms with Gasteiger partial charge in [-0.2, -0.15) is 0 Å². The Morgan fingerprint density at radius 3 is 2.47 bits per heavy atom. The van der Waals surface area contributed by atoms with Crippen LogP contribution in [0.4, 0.5) is 0 Å². The van der Waals surface area contributed by atoms with Crippen LogP contribution in [0.3, 0.4) is 0 Å². The summed E-state index contributed by atoms with van der Waals surface area (Å²) in [5.74, 6) is -0.0284. The molecular formula is C30H38O4. The Kier molecular flexibility index (Phi) is 9.82. The van der Waals surface area contributed by atoms with E-state index in [-0.39, 0.29) is 17.6 Å². The number of Topliss-reactive ketones (excluding diaryl/α,β-unsaturated/α-hetero) is 1. The highest BCUT2D eigenvalue weighted by molar-refractivity contribution is 5.76. The van der Waals surface area contributed by atoms with Gasteiger partial charge in [0.15, 0.2) is 0 Å².